The lowest BCUT2D eigenvalue weighted by atomic mass is 10.1. The molecule has 126 valence electrons. The highest BCUT2D eigenvalue weighted by Gasteiger charge is 2.14. The average molecular weight is 319 g/mol. The largest absolute Gasteiger partial charge is 0.511 e. The summed E-state index contributed by atoms with van der Waals surface area (Å²) in [5.41, 5.74) is 0.673. The molecule has 1 aromatic carbocycles. The quantitative estimate of drug-likeness (QED) is 0.241. The summed E-state index contributed by atoms with van der Waals surface area (Å²) < 4.78 is 10.2. The molecule has 1 rings (SSSR count). The lowest BCUT2D eigenvalue weighted by Gasteiger charge is -2.07. The van der Waals surface area contributed by atoms with E-state index in [1.165, 1.54) is 6.21 Å². The van der Waals surface area contributed by atoms with Crippen molar-refractivity contribution in [3.05, 3.63) is 35.6 Å². The Bertz CT molecular complexity index is 564. The van der Waals surface area contributed by atoms with Gasteiger partial charge in [-0.2, -0.15) is 0 Å². The van der Waals surface area contributed by atoms with E-state index in [1.807, 2.05) is 12.1 Å². The number of benzene rings is 1. The topological polar surface area (TPSA) is 68.1 Å². The van der Waals surface area contributed by atoms with E-state index in [0.717, 1.165) is 19.3 Å². The van der Waals surface area contributed by atoms with Crippen molar-refractivity contribution >= 4 is 17.9 Å². The number of esters is 1. The Balaban J connectivity index is 3.02. The number of allylic oxidation sites excluding steroid dienone is 1. The van der Waals surface area contributed by atoms with Crippen LogP contribution in [-0.4, -0.2) is 31.0 Å². The Morgan fingerprint density at radius 3 is 2.65 bits per heavy atom. The van der Waals surface area contributed by atoms with Crippen LogP contribution in [0.4, 0.5) is 5.69 Å². The van der Waals surface area contributed by atoms with Crippen molar-refractivity contribution < 1.29 is 19.4 Å². The van der Waals surface area contributed by atoms with E-state index in [2.05, 4.69) is 11.9 Å². The fourth-order valence-electron chi connectivity index (χ4n) is 2.00. The molecule has 1 aromatic rings. The molecule has 0 aromatic heterocycles. The summed E-state index contributed by atoms with van der Waals surface area (Å²) >= 11 is 0. The van der Waals surface area contributed by atoms with Crippen LogP contribution in [0.1, 0.15) is 39.5 Å². The molecule has 0 heterocycles. The molecule has 5 nitrogen and oxygen atoms in total. The van der Waals surface area contributed by atoms with Gasteiger partial charge in [-0.3, -0.25) is 4.99 Å². The zero-order chi connectivity index (χ0) is 17.1. The fraction of sp³-hybridized carbons (Fsp3) is 0.444. The van der Waals surface area contributed by atoms with Gasteiger partial charge in [0.25, 0.3) is 0 Å². The minimum Gasteiger partial charge on any atom is -0.511 e. The van der Waals surface area contributed by atoms with Gasteiger partial charge >= 0.3 is 5.97 Å². The number of ether oxygens (including phenoxy) is 2. The maximum Gasteiger partial charge on any atom is 0.343 e. The Kier molecular flexibility index (Phi) is 8.50. The van der Waals surface area contributed by atoms with Crippen molar-refractivity contribution in [3.63, 3.8) is 0 Å². The molecule has 0 aliphatic heterocycles. The van der Waals surface area contributed by atoms with Crippen LogP contribution in [-0.2, 0) is 9.53 Å². The molecule has 5 heteroatoms. The summed E-state index contributed by atoms with van der Waals surface area (Å²) in [4.78, 5) is 16.3. The Labute approximate surface area is 137 Å². The highest BCUT2D eigenvalue weighted by atomic mass is 16.5. The van der Waals surface area contributed by atoms with Gasteiger partial charge in [0.1, 0.15) is 22.8 Å². The van der Waals surface area contributed by atoms with Crippen LogP contribution in [0.3, 0.4) is 0 Å². The zero-order valence-electron chi connectivity index (χ0n) is 14.0. The van der Waals surface area contributed by atoms with E-state index >= 15 is 0 Å². The number of aliphatic imine (C=N–C) groups is 1. The first-order valence-electron chi connectivity index (χ1n) is 7.90. The number of carbonyl (C=O) groups excluding carboxylic acids is 1. The van der Waals surface area contributed by atoms with Gasteiger partial charge in [0, 0.05) is 12.6 Å². The molecule has 0 atom stereocenters. The molecule has 1 N–H and O–H groups in total. The monoisotopic (exact) mass is 319 g/mol. The number of carbonyl (C=O) groups is 1. The number of hydrogen-bond acceptors (Lipinski definition) is 5. The number of aliphatic hydroxyl groups excluding tert-OH is 1. The summed E-state index contributed by atoms with van der Waals surface area (Å²) in [6, 6.07) is 7.21. The van der Waals surface area contributed by atoms with Crippen LogP contribution in [0.15, 0.2) is 40.6 Å². The SMILES string of the molecule is CCCCC/C(O)=C(/C=Nc1ccccc1OC)C(=O)OCC. The van der Waals surface area contributed by atoms with Crippen molar-refractivity contribution in [1.29, 1.82) is 0 Å². The lowest BCUT2D eigenvalue weighted by molar-refractivity contribution is -0.138. The molecule has 0 amide bonds. The van der Waals surface area contributed by atoms with E-state index in [-0.39, 0.29) is 17.9 Å². The smallest absolute Gasteiger partial charge is 0.343 e. The van der Waals surface area contributed by atoms with Gasteiger partial charge in [-0.25, -0.2) is 4.79 Å². The summed E-state index contributed by atoms with van der Waals surface area (Å²) in [7, 11) is 1.55. The standard InChI is InChI=1S/C18H25NO4/c1-4-6-7-11-16(20)14(18(21)23-5-2)13-19-15-10-8-9-12-17(15)22-3/h8-10,12-13,20H,4-7,11H2,1-3H3/b16-14+,19-13?. The highest BCUT2D eigenvalue weighted by molar-refractivity contribution is 6.10. The third-order valence-electron chi connectivity index (χ3n) is 3.24. The minimum absolute atomic E-state index is 0.00977. The number of rotatable bonds is 9. The third kappa shape index (κ3) is 6.14. The van der Waals surface area contributed by atoms with E-state index in [4.69, 9.17) is 9.47 Å². The molecule has 0 aliphatic carbocycles. The molecule has 0 bridgehead atoms. The summed E-state index contributed by atoms with van der Waals surface area (Å²) in [5, 5.41) is 10.2. The number of para-hydroxylation sites is 2. The van der Waals surface area contributed by atoms with Gasteiger partial charge in [0.05, 0.1) is 13.7 Å². The number of methoxy groups -OCH3 is 1. The van der Waals surface area contributed by atoms with Crippen LogP contribution >= 0.6 is 0 Å². The number of aliphatic hydroxyl groups is 1. The first-order valence-corrected chi connectivity index (χ1v) is 7.90. The second-order valence-electron chi connectivity index (χ2n) is 4.97. The predicted molar refractivity (Wildman–Crippen MR) is 91.6 cm³/mol. The molecule has 0 unspecified atom stereocenters. The van der Waals surface area contributed by atoms with Crippen molar-refractivity contribution in [3.8, 4) is 5.75 Å². The van der Waals surface area contributed by atoms with E-state index in [0.29, 0.717) is 17.9 Å². The third-order valence-corrected chi connectivity index (χ3v) is 3.24. The maximum atomic E-state index is 12.0. The van der Waals surface area contributed by atoms with Crippen LogP contribution in [0.25, 0.3) is 0 Å². The normalized spacial score (nSPS) is 12.1. The molecular weight excluding hydrogens is 294 g/mol. The first kappa shape index (κ1) is 18.7. The fourth-order valence-corrected chi connectivity index (χ4v) is 2.00. The van der Waals surface area contributed by atoms with Crippen LogP contribution in [0, 0.1) is 0 Å². The van der Waals surface area contributed by atoms with Gasteiger partial charge in [-0.1, -0.05) is 31.9 Å². The molecule has 23 heavy (non-hydrogen) atoms. The molecule has 0 radical (unpaired) electrons. The van der Waals surface area contributed by atoms with Gasteiger partial charge in [-0.15, -0.1) is 0 Å². The van der Waals surface area contributed by atoms with Gasteiger partial charge in [0.2, 0.25) is 0 Å². The van der Waals surface area contributed by atoms with Crippen molar-refractivity contribution in [1.82, 2.24) is 0 Å². The molecule has 0 spiro atoms. The summed E-state index contributed by atoms with van der Waals surface area (Å²) in [6.07, 6.45) is 4.62. The predicted octanol–water partition coefficient (Wildman–Crippen LogP) is 4.35. The Morgan fingerprint density at radius 2 is 2.00 bits per heavy atom. The van der Waals surface area contributed by atoms with Crippen molar-refractivity contribution in [2.45, 2.75) is 39.5 Å². The van der Waals surface area contributed by atoms with Gasteiger partial charge in [-0.05, 0) is 25.5 Å². The van der Waals surface area contributed by atoms with E-state index < -0.39 is 5.97 Å². The zero-order valence-corrected chi connectivity index (χ0v) is 14.0. The Hall–Kier alpha value is -2.30. The maximum absolute atomic E-state index is 12.0. The van der Waals surface area contributed by atoms with E-state index in [9.17, 15) is 9.90 Å². The molecule has 0 fully saturated rings. The second kappa shape index (κ2) is 10.4. The first-order chi connectivity index (χ1) is 11.1. The number of unbranched alkanes of at least 4 members (excludes halogenated alkanes) is 2. The van der Waals surface area contributed by atoms with Crippen LogP contribution in [0.2, 0.25) is 0 Å². The van der Waals surface area contributed by atoms with Gasteiger partial charge < -0.3 is 14.6 Å². The highest BCUT2D eigenvalue weighted by Crippen LogP contribution is 2.26. The Morgan fingerprint density at radius 1 is 1.26 bits per heavy atom. The summed E-state index contributed by atoms with van der Waals surface area (Å²) in [5.74, 6) is 0.0353. The molecule has 0 saturated carbocycles. The lowest BCUT2D eigenvalue weighted by Crippen LogP contribution is -2.11. The van der Waals surface area contributed by atoms with Crippen molar-refractivity contribution in [2.24, 2.45) is 4.99 Å². The van der Waals surface area contributed by atoms with Crippen LogP contribution < -0.4 is 4.74 Å². The second-order valence-corrected chi connectivity index (χ2v) is 4.97. The van der Waals surface area contributed by atoms with Crippen molar-refractivity contribution in [2.75, 3.05) is 13.7 Å². The van der Waals surface area contributed by atoms with E-state index in [1.54, 1.807) is 26.2 Å². The minimum atomic E-state index is -0.569. The van der Waals surface area contributed by atoms with Gasteiger partial charge in [0.15, 0.2) is 0 Å². The number of hydrogen-bond donors (Lipinski definition) is 1. The van der Waals surface area contributed by atoms with Crippen LogP contribution in [0.5, 0.6) is 5.75 Å². The summed E-state index contributed by atoms with van der Waals surface area (Å²) in [6.45, 7) is 4.05. The molecule has 0 saturated heterocycles. The molecular formula is C18H25NO4. The average Bonchev–Trinajstić information content (AvgIpc) is 2.56. The molecule has 0 aliphatic rings. The number of nitrogens with zero attached hydrogens (tertiary/aromatic N) is 1.